The Morgan fingerprint density at radius 3 is 2.21 bits per heavy atom. The van der Waals surface area contributed by atoms with Crippen molar-refractivity contribution in [3.8, 4) is 11.1 Å². The van der Waals surface area contributed by atoms with E-state index in [1.54, 1.807) is 6.92 Å². The highest BCUT2D eigenvalue weighted by molar-refractivity contribution is 5.91. The van der Waals surface area contributed by atoms with Gasteiger partial charge in [-0.1, -0.05) is 104 Å². The maximum Gasteiger partial charge on any atom is 0.306 e. The number of esters is 1. The third-order valence-electron chi connectivity index (χ3n) is 6.44. The van der Waals surface area contributed by atoms with Crippen molar-refractivity contribution in [2.24, 2.45) is 5.92 Å². The molecule has 1 unspecified atom stereocenters. The van der Waals surface area contributed by atoms with Crippen molar-refractivity contribution in [1.29, 1.82) is 0 Å². The minimum atomic E-state index is -0.900. The number of hydrogen-bond donors (Lipinski definition) is 2. The first-order chi connectivity index (χ1) is 18.4. The zero-order chi connectivity index (χ0) is 27.3. The topological polar surface area (TPSA) is 84.5 Å². The molecule has 3 aromatic rings. The van der Waals surface area contributed by atoms with E-state index in [0.29, 0.717) is 18.5 Å². The van der Waals surface area contributed by atoms with Gasteiger partial charge in [0.15, 0.2) is 0 Å². The molecule has 0 bridgehead atoms. The van der Waals surface area contributed by atoms with Gasteiger partial charge in [-0.2, -0.15) is 0 Å². The van der Waals surface area contributed by atoms with Gasteiger partial charge in [0.25, 0.3) is 0 Å². The molecule has 0 heterocycles. The Bertz CT molecular complexity index is 1190. The predicted octanol–water partition coefficient (Wildman–Crippen LogP) is 5.90. The SMILES string of the molecule is CCCC[C@H](CC(=O)OCC)C(=O)NC(C(=O)NCc1cccc(C)c1)c1ccc(-c2ccccc2)cc1. The summed E-state index contributed by atoms with van der Waals surface area (Å²) in [4.78, 5) is 39.0. The van der Waals surface area contributed by atoms with E-state index in [-0.39, 0.29) is 24.8 Å². The van der Waals surface area contributed by atoms with Gasteiger partial charge in [0, 0.05) is 12.5 Å². The minimum absolute atomic E-state index is 0.00967. The van der Waals surface area contributed by atoms with Gasteiger partial charge in [-0.15, -0.1) is 0 Å². The molecule has 6 nitrogen and oxygen atoms in total. The molecule has 0 fully saturated rings. The first kappa shape index (κ1) is 28.6. The lowest BCUT2D eigenvalue weighted by molar-refractivity contribution is -0.146. The van der Waals surface area contributed by atoms with Crippen LogP contribution in [0.5, 0.6) is 0 Å². The summed E-state index contributed by atoms with van der Waals surface area (Å²) in [6, 6.07) is 24.6. The van der Waals surface area contributed by atoms with Crippen molar-refractivity contribution >= 4 is 17.8 Å². The summed E-state index contributed by atoms with van der Waals surface area (Å²) < 4.78 is 5.09. The summed E-state index contributed by atoms with van der Waals surface area (Å²) in [6.07, 6.45) is 2.23. The highest BCUT2D eigenvalue weighted by atomic mass is 16.5. The highest BCUT2D eigenvalue weighted by Crippen LogP contribution is 2.23. The molecule has 2 N–H and O–H groups in total. The zero-order valence-corrected chi connectivity index (χ0v) is 22.5. The maximum atomic E-state index is 13.4. The second kappa shape index (κ2) is 14.7. The molecule has 0 saturated heterocycles. The molecule has 2 atom stereocenters. The largest absolute Gasteiger partial charge is 0.466 e. The van der Waals surface area contributed by atoms with Crippen LogP contribution in [0.2, 0.25) is 0 Å². The predicted molar refractivity (Wildman–Crippen MR) is 150 cm³/mol. The molecule has 2 amide bonds. The number of rotatable bonds is 13. The Morgan fingerprint density at radius 2 is 1.55 bits per heavy atom. The number of hydrogen-bond acceptors (Lipinski definition) is 4. The number of ether oxygens (including phenoxy) is 1. The van der Waals surface area contributed by atoms with Gasteiger partial charge in [-0.25, -0.2) is 0 Å². The summed E-state index contributed by atoms with van der Waals surface area (Å²) in [5, 5.41) is 5.91. The van der Waals surface area contributed by atoms with Crippen molar-refractivity contribution < 1.29 is 19.1 Å². The average molecular weight is 515 g/mol. The molecule has 0 aliphatic heterocycles. The Morgan fingerprint density at radius 1 is 0.842 bits per heavy atom. The molecule has 38 heavy (non-hydrogen) atoms. The third-order valence-corrected chi connectivity index (χ3v) is 6.44. The molecule has 200 valence electrons. The van der Waals surface area contributed by atoms with Crippen molar-refractivity contribution in [3.63, 3.8) is 0 Å². The monoisotopic (exact) mass is 514 g/mol. The molecule has 0 saturated carbocycles. The van der Waals surface area contributed by atoms with Gasteiger partial charge in [-0.3, -0.25) is 14.4 Å². The molecular formula is C32H38N2O4. The fraction of sp³-hybridized carbons (Fsp3) is 0.344. The summed E-state index contributed by atoms with van der Waals surface area (Å²) in [6.45, 7) is 6.39. The Hall–Kier alpha value is -3.93. The highest BCUT2D eigenvalue weighted by Gasteiger charge is 2.28. The van der Waals surface area contributed by atoms with Crippen LogP contribution in [0.25, 0.3) is 11.1 Å². The standard InChI is InChI=1S/C32H38N2O4/c1-4-6-13-28(21-29(35)38-5-2)31(36)34-30(32(37)33-22-24-12-10-11-23(3)20-24)27-18-16-26(17-19-27)25-14-8-7-9-15-25/h7-12,14-20,28,30H,4-6,13,21-22H2,1-3H3,(H,33,37)(H,34,36)/t28-,30?/m1/s1. The van der Waals surface area contributed by atoms with Gasteiger partial charge in [0.1, 0.15) is 6.04 Å². The van der Waals surface area contributed by atoms with E-state index in [4.69, 9.17) is 4.74 Å². The number of amides is 2. The summed E-state index contributed by atoms with van der Waals surface area (Å²) in [5.41, 5.74) is 4.84. The lowest BCUT2D eigenvalue weighted by atomic mass is 9.95. The van der Waals surface area contributed by atoms with Crippen LogP contribution in [0.15, 0.2) is 78.9 Å². The van der Waals surface area contributed by atoms with Crippen LogP contribution in [-0.4, -0.2) is 24.4 Å². The molecule has 3 aromatic carbocycles. The second-order valence-corrected chi connectivity index (χ2v) is 9.48. The van der Waals surface area contributed by atoms with Crippen LogP contribution in [0.3, 0.4) is 0 Å². The van der Waals surface area contributed by atoms with Crippen molar-refractivity contribution in [2.45, 2.75) is 59.0 Å². The first-order valence-electron chi connectivity index (χ1n) is 13.4. The molecular weight excluding hydrogens is 476 g/mol. The van der Waals surface area contributed by atoms with Gasteiger partial charge in [0.2, 0.25) is 11.8 Å². The number of carbonyl (C=O) groups is 3. The van der Waals surface area contributed by atoms with Gasteiger partial charge >= 0.3 is 5.97 Å². The van der Waals surface area contributed by atoms with Crippen molar-refractivity contribution in [2.75, 3.05) is 6.61 Å². The average Bonchev–Trinajstić information content (AvgIpc) is 2.93. The van der Waals surface area contributed by atoms with Crippen LogP contribution >= 0.6 is 0 Å². The van der Waals surface area contributed by atoms with E-state index in [2.05, 4.69) is 10.6 Å². The molecule has 0 spiro atoms. The van der Waals surface area contributed by atoms with Crippen molar-refractivity contribution in [1.82, 2.24) is 10.6 Å². The van der Waals surface area contributed by atoms with Crippen LogP contribution < -0.4 is 10.6 Å². The van der Waals surface area contributed by atoms with E-state index >= 15 is 0 Å². The first-order valence-corrected chi connectivity index (χ1v) is 13.4. The van der Waals surface area contributed by atoms with Gasteiger partial charge in [-0.05, 0) is 42.5 Å². The second-order valence-electron chi connectivity index (χ2n) is 9.48. The van der Waals surface area contributed by atoms with Gasteiger partial charge in [0.05, 0.1) is 13.0 Å². The van der Waals surface area contributed by atoms with E-state index in [1.165, 1.54) is 0 Å². The Labute approximate surface area is 225 Å². The maximum absolute atomic E-state index is 13.4. The van der Waals surface area contributed by atoms with Crippen LogP contribution in [0, 0.1) is 12.8 Å². The molecule has 0 aromatic heterocycles. The third kappa shape index (κ3) is 8.58. The molecule has 0 radical (unpaired) electrons. The van der Waals surface area contributed by atoms with Gasteiger partial charge < -0.3 is 15.4 Å². The van der Waals surface area contributed by atoms with E-state index in [1.807, 2.05) is 92.7 Å². The number of carbonyl (C=O) groups excluding carboxylic acids is 3. The number of benzene rings is 3. The summed E-state index contributed by atoms with van der Waals surface area (Å²) >= 11 is 0. The van der Waals surface area contributed by atoms with Crippen LogP contribution in [0.1, 0.15) is 62.3 Å². The molecule has 0 aliphatic carbocycles. The lowest BCUT2D eigenvalue weighted by Gasteiger charge is -2.23. The van der Waals surface area contributed by atoms with Crippen molar-refractivity contribution in [3.05, 3.63) is 95.6 Å². The van der Waals surface area contributed by atoms with E-state index < -0.39 is 17.9 Å². The number of aryl methyl sites for hydroxylation is 1. The summed E-state index contributed by atoms with van der Waals surface area (Å²) in [5.74, 6) is -1.60. The Kier molecular flexibility index (Phi) is 11.1. The van der Waals surface area contributed by atoms with Crippen LogP contribution in [-0.2, 0) is 25.7 Å². The van der Waals surface area contributed by atoms with E-state index in [9.17, 15) is 14.4 Å². The number of nitrogens with one attached hydrogen (secondary N) is 2. The molecule has 6 heteroatoms. The zero-order valence-electron chi connectivity index (χ0n) is 22.5. The Balaban J connectivity index is 1.83. The lowest BCUT2D eigenvalue weighted by Crippen LogP contribution is -2.43. The van der Waals surface area contributed by atoms with E-state index in [0.717, 1.165) is 35.1 Å². The number of unbranched alkanes of at least 4 members (excludes halogenated alkanes) is 1. The normalized spacial score (nSPS) is 12.3. The van der Waals surface area contributed by atoms with Crippen LogP contribution in [0.4, 0.5) is 0 Å². The molecule has 0 aliphatic rings. The molecule has 3 rings (SSSR count). The quantitative estimate of drug-likeness (QED) is 0.278. The minimum Gasteiger partial charge on any atom is -0.466 e. The fourth-order valence-corrected chi connectivity index (χ4v) is 4.37. The summed E-state index contributed by atoms with van der Waals surface area (Å²) in [7, 11) is 0. The fourth-order valence-electron chi connectivity index (χ4n) is 4.37. The smallest absolute Gasteiger partial charge is 0.306 e.